The second-order valence-corrected chi connectivity index (χ2v) is 3.71. The molecule has 0 spiro atoms. The smallest absolute Gasteiger partial charge is 0.214 e. The normalized spacial score (nSPS) is 10.1. The van der Waals surface area contributed by atoms with Crippen LogP contribution in [-0.4, -0.2) is 4.98 Å². The predicted molar refractivity (Wildman–Crippen MR) is 62.7 cm³/mol. The maximum Gasteiger partial charge on any atom is 0.214 e. The summed E-state index contributed by atoms with van der Waals surface area (Å²) >= 11 is 0. The molecule has 0 saturated carbocycles. The first-order chi connectivity index (χ1) is 7.74. The van der Waals surface area contributed by atoms with E-state index in [0.29, 0.717) is 6.54 Å². The van der Waals surface area contributed by atoms with Crippen LogP contribution in [0.1, 0.15) is 11.1 Å². The van der Waals surface area contributed by atoms with Crippen LogP contribution in [0.25, 0.3) is 0 Å². The van der Waals surface area contributed by atoms with Crippen LogP contribution >= 0.6 is 0 Å². The van der Waals surface area contributed by atoms with Gasteiger partial charge in [-0.25, -0.2) is 4.98 Å². The maximum absolute atomic E-state index is 12.8. The Morgan fingerprint density at radius 1 is 1.25 bits per heavy atom. The molecule has 1 N–H and O–H groups in total. The molecule has 0 unspecified atom stereocenters. The Morgan fingerprint density at radius 3 is 2.88 bits per heavy atom. The molecule has 0 amide bonds. The molecule has 0 fully saturated rings. The monoisotopic (exact) mass is 216 g/mol. The molecule has 0 saturated heterocycles. The lowest BCUT2D eigenvalue weighted by Crippen LogP contribution is -2.00. The molecule has 82 valence electrons. The number of aryl methyl sites for hydroxylation is 1. The summed E-state index contributed by atoms with van der Waals surface area (Å²) in [6.07, 6.45) is 1.45. The molecule has 16 heavy (non-hydrogen) atoms. The van der Waals surface area contributed by atoms with Gasteiger partial charge in [-0.15, -0.1) is 0 Å². The maximum atomic E-state index is 12.8. The van der Waals surface area contributed by atoms with Gasteiger partial charge in [0, 0.05) is 24.5 Å². The molecule has 0 aliphatic carbocycles. The summed E-state index contributed by atoms with van der Waals surface area (Å²) < 4.78 is 12.8. The topological polar surface area (TPSA) is 24.9 Å². The van der Waals surface area contributed by atoms with E-state index >= 15 is 0 Å². The molecule has 0 bridgehead atoms. The van der Waals surface area contributed by atoms with Gasteiger partial charge in [0.15, 0.2) is 0 Å². The van der Waals surface area contributed by atoms with Crippen LogP contribution in [0.4, 0.5) is 10.1 Å². The van der Waals surface area contributed by atoms with Gasteiger partial charge in [-0.05, 0) is 18.6 Å². The van der Waals surface area contributed by atoms with Crippen LogP contribution in [0.5, 0.6) is 0 Å². The third-order valence-electron chi connectivity index (χ3n) is 2.31. The number of rotatable bonds is 3. The van der Waals surface area contributed by atoms with Crippen molar-refractivity contribution >= 4 is 5.69 Å². The van der Waals surface area contributed by atoms with Crippen molar-refractivity contribution in [3.8, 4) is 0 Å². The largest absolute Gasteiger partial charge is 0.381 e. The molecule has 2 nitrogen and oxygen atoms in total. The highest BCUT2D eigenvalue weighted by molar-refractivity contribution is 5.42. The van der Waals surface area contributed by atoms with E-state index in [1.807, 2.05) is 12.1 Å². The fourth-order valence-corrected chi connectivity index (χ4v) is 1.54. The van der Waals surface area contributed by atoms with Crippen molar-refractivity contribution in [1.82, 2.24) is 4.98 Å². The van der Waals surface area contributed by atoms with E-state index in [0.717, 1.165) is 5.69 Å². The molecular formula is C13H13FN2. The number of hydrogen-bond acceptors (Lipinski definition) is 2. The van der Waals surface area contributed by atoms with Crippen LogP contribution in [0.15, 0.2) is 42.6 Å². The molecule has 1 aromatic carbocycles. The van der Waals surface area contributed by atoms with Crippen molar-refractivity contribution in [2.24, 2.45) is 0 Å². The zero-order chi connectivity index (χ0) is 11.4. The minimum absolute atomic E-state index is 0.464. The van der Waals surface area contributed by atoms with Gasteiger partial charge in [0.1, 0.15) is 0 Å². The lowest BCUT2D eigenvalue weighted by Gasteiger charge is -2.06. The second kappa shape index (κ2) is 4.75. The Bertz CT molecular complexity index is 437. The van der Waals surface area contributed by atoms with Crippen molar-refractivity contribution in [2.45, 2.75) is 13.5 Å². The van der Waals surface area contributed by atoms with Crippen LogP contribution in [0.3, 0.4) is 0 Å². The molecule has 2 aromatic rings. The number of hydrogen-bond donors (Lipinski definition) is 1. The third kappa shape index (κ3) is 2.79. The summed E-state index contributed by atoms with van der Waals surface area (Å²) in [5, 5.41) is 3.15. The number of pyridine rings is 1. The van der Waals surface area contributed by atoms with Crippen LogP contribution < -0.4 is 5.32 Å². The molecule has 0 aliphatic heterocycles. The van der Waals surface area contributed by atoms with Gasteiger partial charge >= 0.3 is 0 Å². The third-order valence-corrected chi connectivity index (χ3v) is 2.31. The molecular weight excluding hydrogens is 203 g/mol. The molecule has 0 aliphatic rings. The van der Waals surface area contributed by atoms with E-state index in [-0.39, 0.29) is 0 Å². The first-order valence-electron chi connectivity index (χ1n) is 5.15. The zero-order valence-electron chi connectivity index (χ0n) is 9.07. The highest BCUT2D eigenvalue weighted by atomic mass is 19.1. The van der Waals surface area contributed by atoms with Crippen molar-refractivity contribution in [1.29, 1.82) is 0 Å². The van der Waals surface area contributed by atoms with Gasteiger partial charge in [-0.3, -0.25) is 0 Å². The minimum Gasteiger partial charge on any atom is -0.381 e. The Kier molecular flexibility index (Phi) is 3.15. The van der Waals surface area contributed by atoms with E-state index < -0.39 is 5.95 Å². The summed E-state index contributed by atoms with van der Waals surface area (Å²) in [6, 6.07) is 11.3. The van der Waals surface area contributed by atoms with Gasteiger partial charge in [-0.1, -0.05) is 29.8 Å². The highest BCUT2D eigenvalue weighted by Gasteiger charge is 1.96. The molecule has 3 heteroatoms. The Labute approximate surface area is 94.2 Å². The second-order valence-electron chi connectivity index (χ2n) is 3.71. The summed E-state index contributed by atoms with van der Waals surface area (Å²) in [7, 11) is 0. The van der Waals surface area contributed by atoms with Gasteiger partial charge in [-0.2, -0.15) is 4.39 Å². The molecule has 1 aromatic heterocycles. The number of benzene rings is 1. The summed E-state index contributed by atoms with van der Waals surface area (Å²) in [5.41, 5.74) is 3.14. The van der Waals surface area contributed by atoms with E-state index in [2.05, 4.69) is 29.4 Å². The summed E-state index contributed by atoms with van der Waals surface area (Å²) in [5.74, 6) is -0.464. The van der Waals surface area contributed by atoms with Crippen LogP contribution in [0, 0.1) is 12.9 Å². The Morgan fingerprint density at radius 2 is 2.12 bits per heavy atom. The average Bonchev–Trinajstić information content (AvgIpc) is 2.27. The number of aromatic nitrogens is 1. The first kappa shape index (κ1) is 10.6. The van der Waals surface area contributed by atoms with E-state index in [4.69, 9.17) is 0 Å². The first-order valence-corrected chi connectivity index (χ1v) is 5.15. The van der Waals surface area contributed by atoms with E-state index in [9.17, 15) is 4.39 Å². The van der Waals surface area contributed by atoms with Crippen molar-refractivity contribution < 1.29 is 4.39 Å². The number of halogens is 1. The number of nitrogens with zero attached hydrogens (tertiary/aromatic N) is 1. The van der Waals surface area contributed by atoms with Gasteiger partial charge in [0.05, 0.1) is 0 Å². The quantitative estimate of drug-likeness (QED) is 0.797. The van der Waals surface area contributed by atoms with Crippen LogP contribution in [0.2, 0.25) is 0 Å². The molecule has 2 rings (SSSR count). The predicted octanol–water partition coefficient (Wildman–Crippen LogP) is 3.14. The highest BCUT2D eigenvalue weighted by Crippen LogP contribution is 2.10. The number of anilines is 1. The molecule has 1 heterocycles. The molecule has 0 atom stereocenters. The SMILES string of the molecule is Cc1cccc(CNc2ccnc(F)c2)c1. The standard InChI is InChI=1S/C13H13FN2/c1-10-3-2-4-11(7-10)9-16-12-5-6-15-13(14)8-12/h2-8H,9H2,1H3,(H,15,16). The fourth-order valence-electron chi connectivity index (χ4n) is 1.54. The van der Waals surface area contributed by atoms with E-state index in [1.54, 1.807) is 6.07 Å². The minimum atomic E-state index is -0.464. The van der Waals surface area contributed by atoms with Crippen molar-refractivity contribution in [3.63, 3.8) is 0 Å². The van der Waals surface area contributed by atoms with Gasteiger partial charge in [0.2, 0.25) is 5.95 Å². The lowest BCUT2D eigenvalue weighted by atomic mass is 10.1. The summed E-state index contributed by atoms with van der Waals surface area (Å²) in [4.78, 5) is 3.50. The van der Waals surface area contributed by atoms with Gasteiger partial charge < -0.3 is 5.32 Å². The lowest BCUT2D eigenvalue weighted by molar-refractivity contribution is 0.584. The Hall–Kier alpha value is -1.90. The van der Waals surface area contributed by atoms with Crippen molar-refractivity contribution in [3.05, 3.63) is 59.7 Å². The number of nitrogens with one attached hydrogen (secondary N) is 1. The summed E-state index contributed by atoms with van der Waals surface area (Å²) in [6.45, 7) is 2.74. The zero-order valence-corrected chi connectivity index (χ0v) is 9.07. The van der Waals surface area contributed by atoms with Gasteiger partial charge in [0.25, 0.3) is 0 Å². The fraction of sp³-hybridized carbons (Fsp3) is 0.154. The Balaban J connectivity index is 2.02. The average molecular weight is 216 g/mol. The van der Waals surface area contributed by atoms with E-state index in [1.165, 1.54) is 23.4 Å². The molecule has 0 radical (unpaired) electrons. The van der Waals surface area contributed by atoms with Crippen molar-refractivity contribution in [2.75, 3.05) is 5.32 Å². The van der Waals surface area contributed by atoms with Crippen LogP contribution in [-0.2, 0) is 6.54 Å².